The summed E-state index contributed by atoms with van der Waals surface area (Å²) in [4.78, 5) is 8.79. The number of nitrogens with one attached hydrogen (secondary N) is 1. The van der Waals surface area contributed by atoms with Gasteiger partial charge >= 0.3 is 0 Å². The van der Waals surface area contributed by atoms with Crippen LogP contribution in [0.4, 0.5) is 11.6 Å². The number of hydrogen-bond acceptors (Lipinski definition) is 6. The fourth-order valence-corrected chi connectivity index (χ4v) is 2.53. The monoisotopic (exact) mass is 324 g/mol. The van der Waals surface area contributed by atoms with Gasteiger partial charge in [-0.1, -0.05) is 12.1 Å². The van der Waals surface area contributed by atoms with Crippen molar-refractivity contribution >= 4 is 11.6 Å². The van der Waals surface area contributed by atoms with E-state index in [-0.39, 0.29) is 6.61 Å². The van der Waals surface area contributed by atoms with Crippen LogP contribution < -0.4 is 11.1 Å². The van der Waals surface area contributed by atoms with Crippen LogP contribution in [0, 0.1) is 0 Å². The van der Waals surface area contributed by atoms with Gasteiger partial charge in [-0.25, -0.2) is 9.97 Å². The van der Waals surface area contributed by atoms with E-state index in [0.717, 1.165) is 28.1 Å². The highest BCUT2D eigenvalue weighted by molar-refractivity contribution is 5.63. The van der Waals surface area contributed by atoms with Gasteiger partial charge in [-0.2, -0.15) is 5.10 Å². The van der Waals surface area contributed by atoms with Crippen LogP contribution in [0.1, 0.15) is 11.1 Å². The van der Waals surface area contributed by atoms with Crippen LogP contribution in [-0.2, 0) is 20.0 Å². The van der Waals surface area contributed by atoms with E-state index in [1.165, 1.54) is 0 Å². The molecule has 0 aliphatic rings. The van der Waals surface area contributed by atoms with Gasteiger partial charge in [0.05, 0.1) is 17.6 Å². The first-order valence-electron chi connectivity index (χ1n) is 7.71. The minimum Gasteiger partial charge on any atom is -0.396 e. The largest absolute Gasteiger partial charge is 0.396 e. The lowest BCUT2D eigenvalue weighted by Gasteiger charge is -2.10. The van der Waals surface area contributed by atoms with E-state index in [1.54, 1.807) is 17.1 Å². The van der Waals surface area contributed by atoms with Gasteiger partial charge in [0.2, 0.25) is 5.95 Å². The molecular weight excluding hydrogens is 304 g/mol. The van der Waals surface area contributed by atoms with E-state index in [4.69, 9.17) is 5.73 Å². The summed E-state index contributed by atoms with van der Waals surface area (Å²) in [6.07, 6.45) is 5.85. The maximum absolute atomic E-state index is 9.23. The van der Waals surface area contributed by atoms with Crippen molar-refractivity contribution < 1.29 is 5.11 Å². The minimum absolute atomic E-state index is 0.0913. The summed E-state index contributed by atoms with van der Waals surface area (Å²) in [5.74, 6) is 0.507. The average molecular weight is 324 g/mol. The lowest BCUT2D eigenvalue weighted by molar-refractivity contribution is 0.299. The SMILES string of the molecule is Cn1cc(Nc2nccc(-c3ccc(CN)c(CCO)c3)n2)cn1. The summed E-state index contributed by atoms with van der Waals surface area (Å²) in [6, 6.07) is 7.85. The quantitative estimate of drug-likeness (QED) is 0.637. The Morgan fingerprint density at radius 1 is 1.25 bits per heavy atom. The van der Waals surface area contributed by atoms with E-state index in [9.17, 15) is 5.11 Å². The van der Waals surface area contributed by atoms with E-state index in [0.29, 0.717) is 18.9 Å². The molecule has 24 heavy (non-hydrogen) atoms. The molecule has 3 aromatic rings. The molecule has 0 spiro atoms. The molecule has 4 N–H and O–H groups in total. The van der Waals surface area contributed by atoms with Crippen LogP contribution in [0.25, 0.3) is 11.3 Å². The van der Waals surface area contributed by atoms with Crippen molar-refractivity contribution in [2.24, 2.45) is 12.8 Å². The Morgan fingerprint density at radius 2 is 2.12 bits per heavy atom. The summed E-state index contributed by atoms with van der Waals surface area (Å²) in [5.41, 5.74) is 10.4. The second kappa shape index (κ2) is 7.20. The Hall–Kier alpha value is -2.77. The van der Waals surface area contributed by atoms with Gasteiger partial charge in [-0.05, 0) is 29.7 Å². The van der Waals surface area contributed by atoms with Crippen LogP contribution >= 0.6 is 0 Å². The van der Waals surface area contributed by atoms with Gasteiger partial charge in [0, 0.05) is 38.2 Å². The molecule has 3 rings (SSSR count). The van der Waals surface area contributed by atoms with Gasteiger partial charge in [0.1, 0.15) is 0 Å². The number of aryl methyl sites for hydroxylation is 1. The molecule has 0 bridgehead atoms. The molecule has 7 nitrogen and oxygen atoms in total. The summed E-state index contributed by atoms with van der Waals surface area (Å²) in [6.45, 7) is 0.543. The zero-order chi connectivity index (χ0) is 16.9. The maximum Gasteiger partial charge on any atom is 0.227 e. The third kappa shape index (κ3) is 3.58. The number of nitrogens with two attached hydrogens (primary N) is 1. The number of rotatable bonds is 6. The number of anilines is 2. The first-order valence-corrected chi connectivity index (χ1v) is 7.71. The normalized spacial score (nSPS) is 10.8. The Kier molecular flexibility index (Phi) is 4.83. The Balaban J connectivity index is 1.89. The number of benzene rings is 1. The fraction of sp³-hybridized carbons (Fsp3) is 0.235. The molecule has 2 aromatic heterocycles. The van der Waals surface area contributed by atoms with Crippen LogP contribution in [0.15, 0.2) is 42.9 Å². The zero-order valence-corrected chi connectivity index (χ0v) is 13.5. The van der Waals surface area contributed by atoms with E-state index < -0.39 is 0 Å². The predicted molar refractivity (Wildman–Crippen MR) is 92.6 cm³/mol. The molecule has 0 aliphatic carbocycles. The molecule has 124 valence electrons. The first kappa shape index (κ1) is 16.1. The second-order valence-corrected chi connectivity index (χ2v) is 5.45. The molecule has 0 saturated carbocycles. The van der Waals surface area contributed by atoms with E-state index in [1.807, 2.05) is 37.5 Å². The Labute approximate surface area is 140 Å². The number of aliphatic hydroxyl groups is 1. The maximum atomic E-state index is 9.23. The first-order chi connectivity index (χ1) is 11.7. The van der Waals surface area contributed by atoms with Crippen molar-refractivity contribution in [1.29, 1.82) is 0 Å². The van der Waals surface area contributed by atoms with Gasteiger partial charge in [-0.3, -0.25) is 4.68 Å². The number of hydrogen-bond donors (Lipinski definition) is 3. The fourth-order valence-electron chi connectivity index (χ4n) is 2.53. The molecule has 2 heterocycles. The number of nitrogens with zero attached hydrogens (tertiary/aromatic N) is 4. The zero-order valence-electron chi connectivity index (χ0n) is 13.5. The summed E-state index contributed by atoms with van der Waals surface area (Å²) < 4.78 is 1.71. The Morgan fingerprint density at radius 3 is 2.83 bits per heavy atom. The van der Waals surface area contributed by atoms with Gasteiger partial charge in [0.25, 0.3) is 0 Å². The highest BCUT2D eigenvalue weighted by atomic mass is 16.2. The van der Waals surface area contributed by atoms with Crippen molar-refractivity contribution in [2.75, 3.05) is 11.9 Å². The number of aromatic nitrogens is 4. The summed E-state index contributed by atoms with van der Waals surface area (Å²) >= 11 is 0. The molecule has 0 unspecified atom stereocenters. The van der Waals surface area contributed by atoms with Crippen molar-refractivity contribution in [1.82, 2.24) is 19.7 Å². The van der Waals surface area contributed by atoms with Gasteiger partial charge in [0.15, 0.2) is 0 Å². The second-order valence-electron chi connectivity index (χ2n) is 5.45. The topological polar surface area (TPSA) is 102 Å². The van der Waals surface area contributed by atoms with E-state index in [2.05, 4.69) is 20.4 Å². The lowest BCUT2D eigenvalue weighted by atomic mass is 10.00. The predicted octanol–water partition coefficient (Wildman–Crippen LogP) is 1.61. The van der Waals surface area contributed by atoms with Crippen molar-refractivity contribution in [3.05, 3.63) is 54.0 Å². The molecule has 0 radical (unpaired) electrons. The lowest BCUT2D eigenvalue weighted by Crippen LogP contribution is -2.04. The van der Waals surface area contributed by atoms with Crippen molar-refractivity contribution in [3.8, 4) is 11.3 Å². The Bertz CT molecular complexity index is 829. The average Bonchev–Trinajstić information content (AvgIpc) is 3.00. The molecular formula is C17H20N6O. The standard InChI is InChI=1S/C17H20N6O/c1-23-11-15(10-20-23)21-17-19-6-4-16(22-17)13-2-3-14(9-18)12(8-13)5-7-24/h2-4,6,8,10-11,24H,5,7,9,18H2,1H3,(H,19,21,22). The summed E-state index contributed by atoms with van der Waals surface area (Å²) in [5, 5.41) is 16.5. The minimum atomic E-state index is 0.0913. The third-order valence-corrected chi connectivity index (χ3v) is 3.72. The molecule has 0 atom stereocenters. The van der Waals surface area contributed by atoms with Crippen LogP contribution in [0.2, 0.25) is 0 Å². The molecule has 0 aliphatic heterocycles. The molecule has 7 heteroatoms. The van der Waals surface area contributed by atoms with Crippen molar-refractivity contribution in [3.63, 3.8) is 0 Å². The smallest absolute Gasteiger partial charge is 0.227 e. The third-order valence-electron chi connectivity index (χ3n) is 3.72. The highest BCUT2D eigenvalue weighted by Gasteiger charge is 2.07. The van der Waals surface area contributed by atoms with Crippen LogP contribution in [0.5, 0.6) is 0 Å². The molecule has 0 amide bonds. The van der Waals surface area contributed by atoms with E-state index >= 15 is 0 Å². The molecule has 0 fully saturated rings. The highest BCUT2D eigenvalue weighted by Crippen LogP contribution is 2.23. The summed E-state index contributed by atoms with van der Waals surface area (Å²) in [7, 11) is 1.85. The van der Waals surface area contributed by atoms with Gasteiger partial charge < -0.3 is 16.2 Å². The van der Waals surface area contributed by atoms with Crippen LogP contribution in [-0.4, -0.2) is 31.5 Å². The van der Waals surface area contributed by atoms with Crippen LogP contribution in [0.3, 0.4) is 0 Å². The van der Waals surface area contributed by atoms with Gasteiger partial charge in [-0.15, -0.1) is 0 Å². The number of aliphatic hydroxyl groups excluding tert-OH is 1. The van der Waals surface area contributed by atoms with Crippen molar-refractivity contribution in [2.45, 2.75) is 13.0 Å². The molecule has 0 saturated heterocycles. The molecule has 1 aromatic carbocycles.